The number of rotatable bonds is 1. The highest BCUT2D eigenvalue weighted by molar-refractivity contribution is 8.03. The molecule has 1 aliphatic carbocycles. The van der Waals surface area contributed by atoms with E-state index in [1.165, 1.54) is 0 Å². The highest BCUT2D eigenvalue weighted by Gasteiger charge is 2.72. The van der Waals surface area contributed by atoms with Crippen LogP contribution in [0.5, 0.6) is 0 Å². The summed E-state index contributed by atoms with van der Waals surface area (Å²) < 4.78 is 0. The molecule has 0 N–H and O–H groups in total. The van der Waals surface area contributed by atoms with Crippen LogP contribution in [0.2, 0.25) is 0 Å². The predicted octanol–water partition coefficient (Wildman–Crippen LogP) is 2.87. The lowest BCUT2D eigenvalue weighted by molar-refractivity contribution is -0.154. The molecule has 0 bridgehead atoms. The smallest absolute Gasteiger partial charge is 0.131 e. The standard InChI is InChI=1S/C11H16OS/c1-9(2)8-11(7-12,5-6-13-8)10(9,3)4/h5-8H,1-4H3. The second kappa shape index (κ2) is 2.22. The Kier molecular flexibility index (Phi) is 1.59. The molecule has 2 heteroatoms. The van der Waals surface area contributed by atoms with E-state index in [-0.39, 0.29) is 16.2 Å². The van der Waals surface area contributed by atoms with E-state index in [0.29, 0.717) is 5.25 Å². The van der Waals surface area contributed by atoms with Gasteiger partial charge in [0.2, 0.25) is 0 Å². The fraction of sp³-hybridized carbons (Fsp3) is 0.727. The van der Waals surface area contributed by atoms with Gasteiger partial charge in [-0.3, -0.25) is 0 Å². The molecule has 1 nitrogen and oxygen atoms in total. The quantitative estimate of drug-likeness (QED) is 0.600. The van der Waals surface area contributed by atoms with Crippen LogP contribution in [0.25, 0.3) is 0 Å². The number of fused-ring (bicyclic) bond motifs is 1. The molecule has 1 saturated carbocycles. The minimum absolute atomic E-state index is 0.0897. The van der Waals surface area contributed by atoms with Gasteiger partial charge in [-0.15, -0.1) is 11.8 Å². The Hall–Kier alpha value is -0.240. The Morgan fingerprint density at radius 1 is 1.31 bits per heavy atom. The lowest BCUT2D eigenvalue weighted by Crippen LogP contribution is -2.68. The van der Waals surface area contributed by atoms with Gasteiger partial charge in [0.15, 0.2) is 0 Å². The predicted molar refractivity (Wildman–Crippen MR) is 56.6 cm³/mol. The van der Waals surface area contributed by atoms with E-state index >= 15 is 0 Å². The van der Waals surface area contributed by atoms with Crippen LogP contribution in [0.15, 0.2) is 11.5 Å². The fourth-order valence-electron chi connectivity index (χ4n) is 2.79. The van der Waals surface area contributed by atoms with Crippen LogP contribution in [0, 0.1) is 16.2 Å². The molecule has 0 saturated heterocycles. The summed E-state index contributed by atoms with van der Waals surface area (Å²) in [4.78, 5) is 11.2. The first kappa shape index (κ1) is 9.32. The second-order valence-electron chi connectivity index (χ2n) is 5.22. The Bertz CT molecular complexity index is 290. The summed E-state index contributed by atoms with van der Waals surface area (Å²) in [5.41, 5.74) is 0.148. The number of carbonyl (C=O) groups excluding carboxylic acids is 1. The first-order valence-corrected chi connectivity index (χ1v) is 5.64. The van der Waals surface area contributed by atoms with Crippen LogP contribution in [0.3, 0.4) is 0 Å². The molecule has 2 aliphatic rings. The summed E-state index contributed by atoms with van der Waals surface area (Å²) in [5, 5.41) is 2.54. The molecule has 2 rings (SSSR count). The molecule has 72 valence electrons. The number of hydrogen-bond donors (Lipinski definition) is 0. The molecular formula is C11H16OS. The molecule has 1 aliphatic heterocycles. The molecule has 0 amide bonds. The van der Waals surface area contributed by atoms with Gasteiger partial charge >= 0.3 is 0 Å². The number of hydrogen-bond acceptors (Lipinski definition) is 2. The van der Waals surface area contributed by atoms with Crippen molar-refractivity contribution in [3.8, 4) is 0 Å². The van der Waals surface area contributed by atoms with Gasteiger partial charge in [0, 0.05) is 5.25 Å². The minimum Gasteiger partial charge on any atom is -0.302 e. The first-order chi connectivity index (χ1) is 5.90. The van der Waals surface area contributed by atoms with Gasteiger partial charge in [0.25, 0.3) is 0 Å². The van der Waals surface area contributed by atoms with E-state index in [1.807, 2.05) is 11.8 Å². The van der Waals surface area contributed by atoms with E-state index in [9.17, 15) is 4.79 Å². The maximum Gasteiger partial charge on any atom is 0.131 e. The average Bonchev–Trinajstić information content (AvgIpc) is 2.46. The largest absolute Gasteiger partial charge is 0.302 e. The molecule has 13 heavy (non-hydrogen) atoms. The maximum atomic E-state index is 11.2. The van der Waals surface area contributed by atoms with Crippen LogP contribution < -0.4 is 0 Å². The molecule has 0 radical (unpaired) electrons. The molecular weight excluding hydrogens is 180 g/mol. The Balaban J connectivity index is 2.49. The van der Waals surface area contributed by atoms with Crippen molar-refractivity contribution in [3.63, 3.8) is 0 Å². The summed E-state index contributed by atoms with van der Waals surface area (Å²) in [7, 11) is 0. The zero-order valence-electron chi connectivity index (χ0n) is 8.63. The number of allylic oxidation sites excluding steroid dienone is 1. The van der Waals surface area contributed by atoms with Crippen molar-refractivity contribution in [2.45, 2.75) is 32.9 Å². The fourth-order valence-corrected chi connectivity index (χ4v) is 4.54. The number of aldehydes is 1. The Labute approximate surface area is 84.0 Å². The SMILES string of the molecule is CC1(C)C2SC=CC2(C=O)C1(C)C. The van der Waals surface area contributed by atoms with Crippen LogP contribution in [-0.2, 0) is 4.79 Å². The number of thioether (sulfide) groups is 1. The molecule has 2 atom stereocenters. The van der Waals surface area contributed by atoms with Crippen molar-refractivity contribution in [1.29, 1.82) is 0 Å². The van der Waals surface area contributed by atoms with Crippen LogP contribution in [0.1, 0.15) is 27.7 Å². The summed E-state index contributed by atoms with van der Waals surface area (Å²) in [5.74, 6) is 0. The van der Waals surface area contributed by atoms with Crippen molar-refractivity contribution in [3.05, 3.63) is 11.5 Å². The zero-order valence-corrected chi connectivity index (χ0v) is 9.44. The van der Waals surface area contributed by atoms with E-state index in [4.69, 9.17) is 0 Å². The zero-order chi connectivity index (χ0) is 9.91. The summed E-state index contributed by atoms with van der Waals surface area (Å²) in [6, 6.07) is 0. The van der Waals surface area contributed by atoms with Gasteiger partial charge in [-0.1, -0.05) is 33.8 Å². The van der Waals surface area contributed by atoms with Gasteiger partial charge < -0.3 is 4.79 Å². The molecule has 0 aromatic heterocycles. The topological polar surface area (TPSA) is 17.1 Å². The van der Waals surface area contributed by atoms with Crippen LogP contribution in [-0.4, -0.2) is 11.5 Å². The number of carbonyl (C=O) groups is 1. The van der Waals surface area contributed by atoms with Crippen molar-refractivity contribution >= 4 is 18.0 Å². The summed E-state index contributed by atoms with van der Waals surface area (Å²) in [6.07, 6.45) is 3.25. The minimum atomic E-state index is -0.193. The normalized spacial score (nSPS) is 43.8. The van der Waals surface area contributed by atoms with Crippen molar-refractivity contribution < 1.29 is 4.79 Å². The Morgan fingerprint density at radius 2 is 1.92 bits per heavy atom. The van der Waals surface area contributed by atoms with E-state index in [2.05, 4.69) is 39.2 Å². The highest BCUT2D eigenvalue weighted by atomic mass is 32.2. The molecule has 0 aromatic rings. The summed E-state index contributed by atoms with van der Waals surface area (Å²) >= 11 is 1.81. The van der Waals surface area contributed by atoms with E-state index < -0.39 is 0 Å². The molecule has 1 heterocycles. The third kappa shape index (κ3) is 0.709. The lowest BCUT2D eigenvalue weighted by atomic mass is 9.39. The monoisotopic (exact) mass is 196 g/mol. The lowest BCUT2D eigenvalue weighted by Gasteiger charge is -2.67. The van der Waals surface area contributed by atoms with Gasteiger partial charge in [-0.25, -0.2) is 0 Å². The maximum absolute atomic E-state index is 11.2. The van der Waals surface area contributed by atoms with Gasteiger partial charge in [-0.05, 0) is 16.2 Å². The van der Waals surface area contributed by atoms with Gasteiger partial charge in [0.05, 0.1) is 5.41 Å². The van der Waals surface area contributed by atoms with Gasteiger partial charge in [-0.2, -0.15) is 0 Å². The van der Waals surface area contributed by atoms with Crippen LogP contribution in [0.4, 0.5) is 0 Å². The average molecular weight is 196 g/mol. The van der Waals surface area contributed by atoms with Crippen molar-refractivity contribution in [2.75, 3.05) is 0 Å². The van der Waals surface area contributed by atoms with Gasteiger partial charge in [0.1, 0.15) is 6.29 Å². The summed E-state index contributed by atoms with van der Waals surface area (Å²) in [6.45, 7) is 8.93. The second-order valence-corrected chi connectivity index (χ2v) is 6.23. The molecule has 0 spiro atoms. The third-order valence-corrected chi connectivity index (χ3v) is 6.08. The molecule has 1 fully saturated rings. The highest BCUT2D eigenvalue weighted by Crippen LogP contribution is 2.73. The molecule has 2 unspecified atom stereocenters. The molecule has 0 aromatic carbocycles. The third-order valence-electron chi connectivity index (χ3n) is 4.54. The first-order valence-electron chi connectivity index (χ1n) is 4.70. The van der Waals surface area contributed by atoms with Crippen molar-refractivity contribution in [2.24, 2.45) is 16.2 Å². The Morgan fingerprint density at radius 3 is 2.38 bits per heavy atom. The van der Waals surface area contributed by atoms with Crippen LogP contribution >= 0.6 is 11.8 Å². The van der Waals surface area contributed by atoms with E-state index in [0.717, 1.165) is 6.29 Å². The van der Waals surface area contributed by atoms with E-state index in [1.54, 1.807) is 0 Å². The van der Waals surface area contributed by atoms with Crippen molar-refractivity contribution in [1.82, 2.24) is 0 Å².